The topological polar surface area (TPSA) is 49.3 Å². The van der Waals surface area contributed by atoms with Crippen molar-refractivity contribution in [1.29, 1.82) is 0 Å². The van der Waals surface area contributed by atoms with Crippen LogP contribution in [0.5, 0.6) is 0 Å². The van der Waals surface area contributed by atoms with Gasteiger partial charge in [-0.2, -0.15) is 0 Å². The fraction of sp³-hybridized carbons (Fsp3) is 0.300. The van der Waals surface area contributed by atoms with E-state index in [9.17, 15) is 4.79 Å². The van der Waals surface area contributed by atoms with Gasteiger partial charge in [0, 0.05) is 17.0 Å². The predicted octanol–water partition coefficient (Wildman–Crippen LogP) is 1.83. The van der Waals surface area contributed by atoms with Crippen LogP contribution in [0.15, 0.2) is 23.1 Å². The first-order valence-electron chi connectivity index (χ1n) is 4.37. The lowest BCUT2D eigenvalue weighted by Crippen LogP contribution is -2.26. The van der Waals surface area contributed by atoms with Gasteiger partial charge in [0.1, 0.15) is 6.04 Å². The van der Waals surface area contributed by atoms with E-state index in [2.05, 4.69) is 5.32 Å². The molecule has 4 heteroatoms. The summed E-state index contributed by atoms with van der Waals surface area (Å²) in [6.07, 6.45) is 2.59. The summed E-state index contributed by atoms with van der Waals surface area (Å²) in [4.78, 5) is 11.9. The van der Waals surface area contributed by atoms with Crippen molar-refractivity contribution < 1.29 is 9.90 Å². The maximum Gasteiger partial charge on any atom is 0.326 e. The lowest BCUT2D eigenvalue weighted by molar-refractivity contribution is -0.137. The summed E-state index contributed by atoms with van der Waals surface area (Å²) in [5.74, 6) is -0.785. The van der Waals surface area contributed by atoms with Crippen molar-refractivity contribution in [2.45, 2.75) is 17.4 Å². The first kappa shape index (κ1) is 9.40. The molecule has 1 unspecified atom stereocenters. The number of aliphatic carboxylic acids is 1. The van der Waals surface area contributed by atoms with Gasteiger partial charge < -0.3 is 10.4 Å². The van der Waals surface area contributed by atoms with Gasteiger partial charge in [-0.3, -0.25) is 0 Å². The Morgan fingerprint density at radius 2 is 2.43 bits per heavy atom. The molecule has 0 saturated carbocycles. The number of nitrogens with one attached hydrogen (secondary N) is 1. The Bertz CT molecular complexity index is 378. The first-order chi connectivity index (χ1) is 6.70. The molecule has 2 rings (SSSR count). The normalized spacial score (nSPS) is 18.8. The van der Waals surface area contributed by atoms with E-state index < -0.39 is 12.0 Å². The van der Waals surface area contributed by atoms with Crippen molar-refractivity contribution in [1.82, 2.24) is 0 Å². The molecule has 0 spiro atoms. The number of carboxylic acids is 1. The summed E-state index contributed by atoms with van der Waals surface area (Å²) in [7, 11) is 0. The molecule has 0 bridgehead atoms. The van der Waals surface area contributed by atoms with Crippen LogP contribution in [0.25, 0.3) is 0 Å². The average molecular weight is 209 g/mol. The molecule has 1 aliphatic heterocycles. The number of carboxylic acid groups (broad SMARTS) is 1. The zero-order valence-corrected chi connectivity index (χ0v) is 8.60. The molecule has 2 N–H and O–H groups in total. The van der Waals surface area contributed by atoms with Gasteiger partial charge in [-0.25, -0.2) is 4.79 Å². The molecule has 1 aromatic rings. The van der Waals surface area contributed by atoms with Crippen LogP contribution in [0, 0.1) is 0 Å². The number of thioether (sulfide) groups is 1. The van der Waals surface area contributed by atoms with Gasteiger partial charge in [0.05, 0.1) is 0 Å². The lowest BCUT2D eigenvalue weighted by atomic mass is 10.1. The summed E-state index contributed by atoms with van der Waals surface area (Å²) in [5.41, 5.74) is 2.06. The van der Waals surface area contributed by atoms with Crippen molar-refractivity contribution in [3.05, 3.63) is 23.8 Å². The van der Waals surface area contributed by atoms with E-state index in [1.54, 1.807) is 11.8 Å². The van der Waals surface area contributed by atoms with Gasteiger partial charge in [0.15, 0.2) is 0 Å². The van der Waals surface area contributed by atoms with E-state index in [4.69, 9.17) is 5.11 Å². The van der Waals surface area contributed by atoms with Crippen molar-refractivity contribution in [3.63, 3.8) is 0 Å². The summed E-state index contributed by atoms with van der Waals surface area (Å²) in [5, 5.41) is 11.8. The minimum atomic E-state index is -0.785. The minimum Gasteiger partial charge on any atom is -0.480 e. The predicted molar refractivity (Wildman–Crippen MR) is 57.0 cm³/mol. The van der Waals surface area contributed by atoms with Crippen LogP contribution in [0.2, 0.25) is 0 Å². The molecule has 0 aliphatic carbocycles. The van der Waals surface area contributed by atoms with Crippen LogP contribution < -0.4 is 5.32 Å². The molecule has 0 aromatic heterocycles. The molecule has 3 nitrogen and oxygen atoms in total. The van der Waals surface area contributed by atoms with E-state index >= 15 is 0 Å². The van der Waals surface area contributed by atoms with E-state index in [0.29, 0.717) is 6.42 Å². The third-order valence-corrected chi connectivity index (χ3v) is 3.09. The summed E-state index contributed by atoms with van der Waals surface area (Å²) in [6.45, 7) is 0. The molecule has 0 fully saturated rings. The molecule has 0 radical (unpaired) electrons. The Balaban J connectivity index is 2.27. The quantitative estimate of drug-likeness (QED) is 0.730. The monoisotopic (exact) mass is 209 g/mol. The van der Waals surface area contributed by atoms with Crippen LogP contribution in [-0.2, 0) is 11.2 Å². The molecule has 1 aliphatic rings. The molecule has 0 amide bonds. The zero-order valence-electron chi connectivity index (χ0n) is 7.78. The van der Waals surface area contributed by atoms with Gasteiger partial charge in [-0.1, -0.05) is 6.07 Å². The Kier molecular flexibility index (Phi) is 2.37. The van der Waals surface area contributed by atoms with Crippen LogP contribution >= 0.6 is 11.8 Å². The molecular formula is C10H11NO2S. The molecule has 1 aromatic carbocycles. The van der Waals surface area contributed by atoms with Crippen LogP contribution in [0.1, 0.15) is 5.56 Å². The van der Waals surface area contributed by atoms with Gasteiger partial charge in [0.2, 0.25) is 0 Å². The number of hydrogen-bond acceptors (Lipinski definition) is 3. The third-order valence-electron chi connectivity index (χ3n) is 2.37. The largest absolute Gasteiger partial charge is 0.480 e. The van der Waals surface area contributed by atoms with E-state index in [1.807, 2.05) is 24.5 Å². The molecule has 1 atom stereocenters. The summed E-state index contributed by atoms with van der Waals surface area (Å²) >= 11 is 1.66. The van der Waals surface area contributed by atoms with E-state index in [0.717, 1.165) is 16.1 Å². The number of fused-ring (bicyclic) bond motifs is 1. The number of hydrogen-bond donors (Lipinski definition) is 2. The first-order valence-corrected chi connectivity index (χ1v) is 5.59. The maximum absolute atomic E-state index is 10.8. The van der Waals surface area contributed by atoms with Crippen molar-refractivity contribution >= 4 is 23.4 Å². The number of rotatable bonds is 2. The van der Waals surface area contributed by atoms with Gasteiger partial charge >= 0.3 is 5.97 Å². The maximum atomic E-state index is 10.8. The molecule has 1 heterocycles. The van der Waals surface area contributed by atoms with E-state index in [1.165, 1.54) is 0 Å². The highest BCUT2D eigenvalue weighted by Crippen LogP contribution is 2.29. The van der Waals surface area contributed by atoms with Crippen molar-refractivity contribution in [2.24, 2.45) is 0 Å². The highest BCUT2D eigenvalue weighted by atomic mass is 32.2. The summed E-state index contributed by atoms with van der Waals surface area (Å²) < 4.78 is 0. The van der Waals surface area contributed by atoms with Gasteiger partial charge in [-0.15, -0.1) is 11.8 Å². The van der Waals surface area contributed by atoms with Gasteiger partial charge in [0.25, 0.3) is 0 Å². The van der Waals surface area contributed by atoms with E-state index in [-0.39, 0.29) is 0 Å². The van der Waals surface area contributed by atoms with Gasteiger partial charge in [-0.05, 0) is 24.0 Å². The second-order valence-electron chi connectivity index (χ2n) is 3.26. The lowest BCUT2D eigenvalue weighted by Gasteiger charge is -2.04. The molecular weight excluding hydrogens is 198 g/mol. The minimum absolute atomic E-state index is 0.456. The van der Waals surface area contributed by atoms with Crippen LogP contribution in [0.4, 0.5) is 5.69 Å². The fourth-order valence-electron chi connectivity index (χ4n) is 1.60. The highest BCUT2D eigenvalue weighted by molar-refractivity contribution is 7.98. The fourth-order valence-corrected chi connectivity index (χ4v) is 2.04. The molecule has 14 heavy (non-hydrogen) atoms. The smallest absolute Gasteiger partial charge is 0.326 e. The SMILES string of the molecule is CSc1ccc2c(c1)NC(C(=O)O)C2. The van der Waals surface area contributed by atoms with Crippen LogP contribution in [0.3, 0.4) is 0 Å². The number of benzene rings is 1. The average Bonchev–Trinajstić information content (AvgIpc) is 2.59. The Hall–Kier alpha value is -1.16. The third kappa shape index (κ3) is 1.57. The Labute approximate surface area is 86.5 Å². The summed E-state index contributed by atoms with van der Waals surface area (Å²) in [6, 6.07) is 5.57. The zero-order chi connectivity index (χ0) is 10.1. The molecule has 74 valence electrons. The van der Waals surface area contributed by atoms with Crippen LogP contribution in [-0.4, -0.2) is 23.4 Å². The van der Waals surface area contributed by atoms with Crippen molar-refractivity contribution in [2.75, 3.05) is 11.6 Å². The Morgan fingerprint density at radius 1 is 1.64 bits per heavy atom. The highest BCUT2D eigenvalue weighted by Gasteiger charge is 2.25. The number of anilines is 1. The van der Waals surface area contributed by atoms with Crippen molar-refractivity contribution in [3.8, 4) is 0 Å². The second kappa shape index (κ2) is 3.53. The number of carbonyl (C=O) groups is 1. The second-order valence-corrected chi connectivity index (χ2v) is 4.14. The standard InChI is InChI=1S/C10H11NO2S/c1-14-7-3-2-6-4-9(10(12)13)11-8(6)5-7/h2-3,5,9,11H,4H2,1H3,(H,12,13). The Morgan fingerprint density at radius 3 is 3.07 bits per heavy atom. The molecule has 0 saturated heterocycles.